The number of nitrogens with zero attached hydrogens (tertiary/aromatic N) is 1. The zero-order valence-electron chi connectivity index (χ0n) is 12.6. The van der Waals surface area contributed by atoms with Gasteiger partial charge in [-0.3, -0.25) is 9.69 Å². The summed E-state index contributed by atoms with van der Waals surface area (Å²) in [6, 6.07) is 3.26. The molecule has 1 N–H and O–H groups in total. The lowest BCUT2D eigenvalue weighted by molar-refractivity contribution is -0.145. The predicted octanol–water partition coefficient (Wildman–Crippen LogP) is 1.16. The fraction of sp³-hybridized carbons (Fsp3) is 0.533. The number of hydrogen-bond donors (Lipinski definition) is 1. The Morgan fingerprint density at radius 1 is 1.24 bits per heavy atom. The van der Waals surface area contributed by atoms with Crippen LogP contribution in [0.25, 0.3) is 0 Å². The second kappa shape index (κ2) is 6.78. The number of aliphatic carboxylic acids is 1. The molecule has 1 heterocycles. The third kappa shape index (κ3) is 3.28. The van der Waals surface area contributed by atoms with Gasteiger partial charge in [0.05, 0.1) is 20.8 Å². The van der Waals surface area contributed by atoms with E-state index in [9.17, 15) is 9.90 Å². The van der Waals surface area contributed by atoms with Crippen LogP contribution < -0.4 is 9.47 Å². The normalized spacial score (nSPS) is 16.1. The zero-order valence-corrected chi connectivity index (χ0v) is 12.6. The quantitative estimate of drug-likeness (QED) is 0.849. The molecule has 0 bridgehead atoms. The molecular formula is C15H21NO5. The first kappa shape index (κ1) is 15.6. The standard InChI is InChI=1S/C15H21NO5/c1-19-9-12(15(17)18)16-5-4-10-6-13(20-2)14(21-3)7-11(10)8-16/h6-7,12H,4-5,8-9H2,1-3H3,(H,17,18). The molecule has 21 heavy (non-hydrogen) atoms. The average Bonchev–Trinajstić information content (AvgIpc) is 2.50. The van der Waals surface area contributed by atoms with Gasteiger partial charge in [0.1, 0.15) is 6.04 Å². The van der Waals surface area contributed by atoms with Gasteiger partial charge in [-0.2, -0.15) is 0 Å². The van der Waals surface area contributed by atoms with E-state index in [1.54, 1.807) is 14.2 Å². The minimum atomic E-state index is -0.860. The second-order valence-corrected chi connectivity index (χ2v) is 5.01. The van der Waals surface area contributed by atoms with Gasteiger partial charge in [0.2, 0.25) is 0 Å². The van der Waals surface area contributed by atoms with Crippen LogP contribution >= 0.6 is 0 Å². The lowest BCUT2D eigenvalue weighted by atomic mass is 9.97. The van der Waals surface area contributed by atoms with Gasteiger partial charge >= 0.3 is 5.97 Å². The molecule has 1 aromatic carbocycles. The van der Waals surface area contributed by atoms with Gasteiger partial charge in [-0.15, -0.1) is 0 Å². The van der Waals surface area contributed by atoms with Crippen LogP contribution in [0.4, 0.5) is 0 Å². The highest BCUT2D eigenvalue weighted by Crippen LogP contribution is 2.33. The second-order valence-electron chi connectivity index (χ2n) is 5.01. The predicted molar refractivity (Wildman–Crippen MR) is 77.0 cm³/mol. The van der Waals surface area contributed by atoms with E-state index in [0.717, 1.165) is 12.0 Å². The number of fused-ring (bicyclic) bond motifs is 1. The van der Waals surface area contributed by atoms with Crippen molar-refractivity contribution in [2.45, 2.75) is 19.0 Å². The molecule has 2 rings (SSSR count). The fourth-order valence-corrected chi connectivity index (χ4v) is 2.66. The summed E-state index contributed by atoms with van der Waals surface area (Å²) in [5.74, 6) is 0.508. The number of carbonyl (C=O) groups is 1. The number of carboxylic acids is 1. The highest BCUT2D eigenvalue weighted by atomic mass is 16.5. The third-order valence-corrected chi connectivity index (χ3v) is 3.80. The van der Waals surface area contributed by atoms with E-state index in [-0.39, 0.29) is 6.61 Å². The van der Waals surface area contributed by atoms with Crippen molar-refractivity contribution in [1.29, 1.82) is 0 Å². The van der Waals surface area contributed by atoms with Gasteiger partial charge in [-0.05, 0) is 29.7 Å². The lowest BCUT2D eigenvalue weighted by Gasteiger charge is -2.33. The number of carboxylic acid groups (broad SMARTS) is 1. The van der Waals surface area contributed by atoms with E-state index in [4.69, 9.17) is 14.2 Å². The van der Waals surface area contributed by atoms with E-state index in [2.05, 4.69) is 0 Å². The first-order chi connectivity index (χ1) is 10.1. The molecule has 0 aliphatic carbocycles. The van der Waals surface area contributed by atoms with Crippen LogP contribution in [-0.2, 0) is 22.5 Å². The molecule has 6 heteroatoms. The maximum Gasteiger partial charge on any atom is 0.323 e. The lowest BCUT2D eigenvalue weighted by Crippen LogP contribution is -2.46. The Balaban J connectivity index is 2.25. The van der Waals surface area contributed by atoms with E-state index >= 15 is 0 Å². The Kier molecular flexibility index (Phi) is 5.03. The molecule has 1 aliphatic rings. The highest BCUT2D eigenvalue weighted by molar-refractivity contribution is 5.73. The Morgan fingerprint density at radius 3 is 2.38 bits per heavy atom. The Hall–Kier alpha value is -1.79. The van der Waals surface area contributed by atoms with Crippen LogP contribution in [0.5, 0.6) is 11.5 Å². The molecule has 0 saturated heterocycles. The van der Waals surface area contributed by atoms with Gasteiger partial charge in [0, 0.05) is 20.2 Å². The molecule has 0 radical (unpaired) electrons. The first-order valence-corrected chi connectivity index (χ1v) is 6.80. The number of hydrogen-bond acceptors (Lipinski definition) is 5. The van der Waals surface area contributed by atoms with Gasteiger partial charge in [0.15, 0.2) is 11.5 Å². The summed E-state index contributed by atoms with van der Waals surface area (Å²) in [5, 5.41) is 9.32. The van der Waals surface area contributed by atoms with Gasteiger partial charge < -0.3 is 19.3 Å². The number of benzene rings is 1. The van der Waals surface area contributed by atoms with E-state index in [0.29, 0.717) is 24.6 Å². The zero-order chi connectivity index (χ0) is 15.4. The van der Waals surface area contributed by atoms with Crippen LogP contribution in [0.1, 0.15) is 11.1 Å². The molecule has 0 amide bonds. The summed E-state index contributed by atoms with van der Waals surface area (Å²) < 4.78 is 15.6. The summed E-state index contributed by atoms with van der Waals surface area (Å²) in [6.45, 7) is 1.43. The van der Waals surface area contributed by atoms with Gasteiger partial charge in [0.25, 0.3) is 0 Å². The van der Waals surface area contributed by atoms with E-state index < -0.39 is 12.0 Å². The van der Waals surface area contributed by atoms with Crippen LogP contribution in [-0.4, -0.2) is 56.5 Å². The molecule has 1 aliphatic heterocycles. The summed E-state index contributed by atoms with van der Waals surface area (Å²) in [4.78, 5) is 13.3. The van der Waals surface area contributed by atoms with Crippen molar-refractivity contribution in [3.05, 3.63) is 23.3 Å². The number of rotatable bonds is 6. The van der Waals surface area contributed by atoms with Crippen LogP contribution in [0.15, 0.2) is 12.1 Å². The molecule has 116 valence electrons. The Labute approximate surface area is 124 Å². The number of methoxy groups -OCH3 is 3. The van der Waals surface area contributed by atoms with E-state index in [1.807, 2.05) is 17.0 Å². The van der Waals surface area contributed by atoms with Crippen molar-refractivity contribution in [2.75, 3.05) is 34.5 Å². The van der Waals surface area contributed by atoms with Crippen LogP contribution in [0.2, 0.25) is 0 Å². The summed E-state index contributed by atoms with van der Waals surface area (Å²) in [6.07, 6.45) is 0.781. The Bertz CT molecular complexity index is 517. The minimum absolute atomic E-state index is 0.179. The summed E-state index contributed by atoms with van der Waals surface area (Å²) in [5.41, 5.74) is 2.24. The van der Waals surface area contributed by atoms with Crippen molar-refractivity contribution < 1.29 is 24.1 Å². The van der Waals surface area contributed by atoms with Crippen molar-refractivity contribution in [3.8, 4) is 11.5 Å². The maximum atomic E-state index is 11.4. The minimum Gasteiger partial charge on any atom is -0.493 e. The molecule has 1 atom stereocenters. The van der Waals surface area contributed by atoms with E-state index in [1.165, 1.54) is 12.7 Å². The molecule has 0 saturated carbocycles. The molecule has 1 aromatic rings. The monoisotopic (exact) mass is 295 g/mol. The van der Waals surface area contributed by atoms with Gasteiger partial charge in [-0.25, -0.2) is 0 Å². The molecular weight excluding hydrogens is 274 g/mol. The van der Waals surface area contributed by atoms with Crippen molar-refractivity contribution in [2.24, 2.45) is 0 Å². The maximum absolute atomic E-state index is 11.4. The molecule has 0 spiro atoms. The van der Waals surface area contributed by atoms with Crippen LogP contribution in [0, 0.1) is 0 Å². The molecule has 0 fully saturated rings. The first-order valence-electron chi connectivity index (χ1n) is 6.80. The Morgan fingerprint density at radius 2 is 1.86 bits per heavy atom. The smallest absolute Gasteiger partial charge is 0.323 e. The van der Waals surface area contributed by atoms with Crippen LogP contribution in [0.3, 0.4) is 0 Å². The van der Waals surface area contributed by atoms with Crippen molar-refractivity contribution in [3.63, 3.8) is 0 Å². The third-order valence-electron chi connectivity index (χ3n) is 3.80. The molecule has 1 unspecified atom stereocenters. The molecule has 6 nitrogen and oxygen atoms in total. The highest BCUT2D eigenvalue weighted by Gasteiger charge is 2.29. The fourth-order valence-electron chi connectivity index (χ4n) is 2.66. The van der Waals surface area contributed by atoms with Crippen molar-refractivity contribution in [1.82, 2.24) is 4.90 Å². The van der Waals surface area contributed by atoms with Crippen molar-refractivity contribution >= 4 is 5.97 Å². The van der Waals surface area contributed by atoms with Gasteiger partial charge in [-0.1, -0.05) is 0 Å². The number of ether oxygens (including phenoxy) is 3. The average molecular weight is 295 g/mol. The summed E-state index contributed by atoms with van der Waals surface area (Å²) >= 11 is 0. The topological polar surface area (TPSA) is 68.2 Å². The summed E-state index contributed by atoms with van der Waals surface area (Å²) in [7, 11) is 4.72. The largest absolute Gasteiger partial charge is 0.493 e. The molecule has 0 aromatic heterocycles. The SMILES string of the molecule is COCC(C(=O)O)N1CCc2cc(OC)c(OC)cc2C1.